The van der Waals surface area contributed by atoms with Gasteiger partial charge in [0.2, 0.25) is 0 Å². The third-order valence-electron chi connectivity index (χ3n) is 6.31. The summed E-state index contributed by atoms with van der Waals surface area (Å²) >= 11 is 0. The van der Waals surface area contributed by atoms with Gasteiger partial charge in [0.1, 0.15) is 0 Å². The van der Waals surface area contributed by atoms with Crippen molar-refractivity contribution >= 4 is 17.1 Å². The van der Waals surface area contributed by atoms with Gasteiger partial charge in [-0.25, -0.2) is 4.99 Å². The average molecular weight is 477 g/mol. The first-order valence-electron chi connectivity index (χ1n) is 12.4. The van der Waals surface area contributed by atoms with Gasteiger partial charge in [0.05, 0.1) is 17.1 Å². The predicted molar refractivity (Wildman–Crippen MR) is 156 cm³/mol. The molecule has 0 unspecified atom stereocenters. The fourth-order valence-electron chi connectivity index (χ4n) is 4.39. The molecule has 5 aromatic rings. The Bertz CT molecular complexity index is 1560. The molecule has 0 amide bonds. The highest BCUT2D eigenvalue weighted by Crippen LogP contribution is 2.26. The van der Waals surface area contributed by atoms with E-state index in [2.05, 4.69) is 66.7 Å². The van der Waals surface area contributed by atoms with Gasteiger partial charge in [0, 0.05) is 16.7 Å². The molecule has 0 aromatic heterocycles. The zero-order chi connectivity index (χ0) is 25.5. The fourth-order valence-corrected chi connectivity index (χ4v) is 4.39. The first kappa shape index (κ1) is 23.9. The molecule has 0 aliphatic carbocycles. The molecule has 0 bridgehead atoms. The Hall–Kier alpha value is -4.82. The molecule has 0 heterocycles. The number of nitrogens with one attached hydrogen (secondary N) is 1. The number of allylic oxidation sites excluding steroid dienone is 1. The van der Waals surface area contributed by atoms with Crippen LogP contribution in [0.5, 0.6) is 0 Å². The van der Waals surface area contributed by atoms with E-state index >= 15 is 0 Å². The third-order valence-corrected chi connectivity index (χ3v) is 6.31. The maximum Gasteiger partial charge on any atom is 0.0781 e. The Morgan fingerprint density at radius 1 is 0.514 bits per heavy atom. The monoisotopic (exact) mass is 476 g/mol. The van der Waals surface area contributed by atoms with Crippen LogP contribution >= 0.6 is 0 Å². The molecule has 0 atom stereocenters. The summed E-state index contributed by atoms with van der Waals surface area (Å²) in [6.45, 7) is 2.03. The largest absolute Gasteiger partial charge is 0.300 e. The number of nitrogens with zero attached hydrogens (tertiary/aromatic N) is 1. The first-order valence-corrected chi connectivity index (χ1v) is 12.4. The van der Waals surface area contributed by atoms with E-state index in [4.69, 9.17) is 10.4 Å². The molecule has 5 aromatic carbocycles. The molecule has 37 heavy (non-hydrogen) atoms. The second-order valence-corrected chi connectivity index (χ2v) is 8.77. The van der Waals surface area contributed by atoms with Crippen molar-refractivity contribution in [3.63, 3.8) is 0 Å². The van der Waals surface area contributed by atoms with Crippen LogP contribution in [-0.2, 0) is 0 Å². The van der Waals surface area contributed by atoms with Crippen molar-refractivity contribution in [2.24, 2.45) is 4.99 Å². The maximum absolute atomic E-state index is 8.71. The topological polar surface area (TPSA) is 36.2 Å². The highest BCUT2D eigenvalue weighted by Gasteiger charge is 2.12. The molecular formula is C35H28N2. The molecule has 1 N–H and O–H groups in total. The molecule has 5 rings (SSSR count). The van der Waals surface area contributed by atoms with Gasteiger partial charge in [0.25, 0.3) is 0 Å². The smallest absolute Gasteiger partial charge is 0.0781 e. The van der Waals surface area contributed by atoms with Crippen molar-refractivity contribution in [1.82, 2.24) is 0 Å². The Labute approximate surface area is 218 Å². The van der Waals surface area contributed by atoms with Crippen molar-refractivity contribution < 1.29 is 0 Å². The maximum atomic E-state index is 8.71. The molecular weight excluding hydrogens is 448 g/mol. The second-order valence-electron chi connectivity index (χ2n) is 8.77. The summed E-state index contributed by atoms with van der Waals surface area (Å²) in [7, 11) is 0. The van der Waals surface area contributed by atoms with Crippen molar-refractivity contribution in [3.05, 3.63) is 173 Å². The molecule has 2 nitrogen and oxygen atoms in total. The Morgan fingerprint density at radius 2 is 0.973 bits per heavy atom. The van der Waals surface area contributed by atoms with Gasteiger partial charge in [-0.05, 0) is 41.3 Å². The molecule has 0 aliphatic rings. The third kappa shape index (κ3) is 5.55. The summed E-state index contributed by atoms with van der Waals surface area (Å²) in [5, 5.41) is 8.71. The van der Waals surface area contributed by atoms with Gasteiger partial charge in [0.15, 0.2) is 0 Å². The summed E-state index contributed by atoms with van der Waals surface area (Å²) in [6, 6.07) is 47.2. The molecule has 0 aliphatic heterocycles. The van der Waals surface area contributed by atoms with Crippen molar-refractivity contribution in [2.75, 3.05) is 0 Å². The molecule has 0 radical (unpaired) electrons. The molecule has 0 saturated heterocycles. The zero-order valence-corrected chi connectivity index (χ0v) is 20.8. The lowest BCUT2D eigenvalue weighted by molar-refractivity contribution is 1.44. The minimum Gasteiger partial charge on any atom is -0.300 e. The Balaban J connectivity index is 1.57. The van der Waals surface area contributed by atoms with E-state index in [0.717, 1.165) is 50.4 Å². The van der Waals surface area contributed by atoms with Crippen LogP contribution in [0.2, 0.25) is 0 Å². The van der Waals surface area contributed by atoms with Crippen molar-refractivity contribution in [3.8, 4) is 11.1 Å². The molecule has 178 valence electrons. The summed E-state index contributed by atoms with van der Waals surface area (Å²) in [5.74, 6) is 0. The van der Waals surface area contributed by atoms with Crippen LogP contribution in [0.15, 0.2) is 151 Å². The van der Waals surface area contributed by atoms with Crippen LogP contribution < -0.4 is 0 Å². The van der Waals surface area contributed by atoms with Gasteiger partial charge < -0.3 is 0 Å². The Morgan fingerprint density at radius 3 is 1.54 bits per heavy atom. The fraction of sp³-hybridized carbons (Fsp3) is 0.0286. The van der Waals surface area contributed by atoms with Gasteiger partial charge in [-0.3, -0.25) is 5.41 Å². The Kier molecular flexibility index (Phi) is 7.29. The second kappa shape index (κ2) is 11.3. The van der Waals surface area contributed by atoms with Crippen LogP contribution in [0.25, 0.3) is 16.8 Å². The normalized spacial score (nSPS) is 11.8. The van der Waals surface area contributed by atoms with Crippen LogP contribution in [-0.4, -0.2) is 11.4 Å². The predicted octanol–water partition coefficient (Wildman–Crippen LogP) is 8.67. The summed E-state index contributed by atoms with van der Waals surface area (Å²) in [6.07, 6.45) is 2.06. The minimum atomic E-state index is 0.519. The number of hydrogen-bond donors (Lipinski definition) is 1. The lowest BCUT2D eigenvalue weighted by atomic mass is 9.95. The van der Waals surface area contributed by atoms with Gasteiger partial charge >= 0.3 is 0 Å². The van der Waals surface area contributed by atoms with E-state index in [-0.39, 0.29) is 0 Å². The van der Waals surface area contributed by atoms with E-state index in [1.807, 2.05) is 85.8 Å². The SMILES string of the molecule is C/C=C(\N=C(c1ccccc1)c1cccc(-c2cccc(C(=N)c3ccccc3)c2)c1)c1ccccc1. The number of benzene rings is 5. The van der Waals surface area contributed by atoms with Crippen LogP contribution in [0.3, 0.4) is 0 Å². The van der Waals surface area contributed by atoms with Gasteiger partial charge in [-0.15, -0.1) is 0 Å². The zero-order valence-electron chi connectivity index (χ0n) is 20.8. The standard InChI is InChI=1S/C35H28N2/c1-2-33(26-14-6-3-7-15-26)37-35(28-18-10-5-11-19-28)32-23-13-21-30(25-32)29-20-12-22-31(24-29)34(36)27-16-8-4-9-17-27/h2-25,36H,1H3/b33-2-,36-34?,37-35?. The number of hydrogen-bond acceptors (Lipinski definition) is 2. The summed E-state index contributed by atoms with van der Waals surface area (Å²) in [4.78, 5) is 5.17. The molecule has 0 fully saturated rings. The van der Waals surface area contributed by atoms with E-state index in [9.17, 15) is 0 Å². The van der Waals surface area contributed by atoms with Crippen LogP contribution in [0.4, 0.5) is 0 Å². The molecule has 2 heteroatoms. The van der Waals surface area contributed by atoms with E-state index in [1.165, 1.54) is 0 Å². The lowest BCUT2D eigenvalue weighted by Gasteiger charge is -2.12. The lowest BCUT2D eigenvalue weighted by Crippen LogP contribution is -2.04. The van der Waals surface area contributed by atoms with Crippen LogP contribution in [0, 0.1) is 5.41 Å². The molecule has 0 saturated carbocycles. The molecule has 0 spiro atoms. The van der Waals surface area contributed by atoms with Gasteiger partial charge in [-0.1, -0.05) is 133 Å². The number of rotatable bonds is 7. The van der Waals surface area contributed by atoms with Crippen LogP contribution in [0.1, 0.15) is 34.7 Å². The van der Waals surface area contributed by atoms with E-state index in [0.29, 0.717) is 5.71 Å². The average Bonchev–Trinajstić information content (AvgIpc) is 2.99. The quantitative estimate of drug-likeness (QED) is 0.228. The first-order chi connectivity index (χ1) is 18.2. The summed E-state index contributed by atoms with van der Waals surface area (Å²) in [5.41, 5.74) is 9.53. The summed E-state index contributed by atoms with van der Waals surface area (Å²) < 4.78 is 0. The minimum absolute atomic E-state index is 0.519. The van der Waals surface area contributed by atoms with E-state index < -0.39 is 0 Å². The highest BCUT2D eigenvalue weighted by atomic mass is 14.8. The van der Waals surface area contributed by atoms with Crippen molar-refractivity contribution in [1.29, 1.82) is 5.41 Å². The van der Waals surface area contributed by atoms with Gasteiger partial charge in [-0.2, -0.15) is 0 Å². The van der Waals surface area contributed by atoms with E-state index in [1.54, 1.807) is 0 Å². The highest BCUT2D eigenvalue weighted by molar-refractivity contribution is 6.15. The van der Waals surface area contributed by atoms with Crippen molar-refractivity contribution in [2.45, 2.75) is 6.92 Å². The number of aliphatic imine (C=N–C) groups is 1.